The second-order valence-corrected chi connectivity index (χ2v) is 3.70. The van der Waals surface area contributed by atoms with Crippen molar-refractivity contribution in [3.63, 3.8) is 0 Å². The summed E-state index contributed by atoms with van der Waals surface area (Å²) < 4.78 is -0.256. The van der Waals surface area contributed by atoms with Gasteiger partial charge in [0.05, 0.1) is 4.92 Å². The Morgan fingerprint density at radius 3 is 2.36 bits per heavy atom. The lowest BCUT2D eigenvalue weighted by Gasteiger charge is -2.03. The largest absolute Gasteiger partial charge is 0.281 e. The number of rotatable bonds is 2. The van der Waals surface area contributed by atoms with Crippen LogP contribution in [0.4, 0.5) is 5.69 Å². The minimum absolute atomic E-state index is 0.0417. The molecular weight excluding hydrogens is 250 g/mol. The Bertz CT molecular complexity index is 375. The van der Waals surface area contributed by atoms with Gasteiger partial charge in [0.15, 0.2) is 0 Å². The van der Waals surface area contributed by atoms with E-state index in [1.807, 2.05) is 0 Å². The highest BCUT2D eigenvalue weighted by atomic mass is 79.9. The maximum absolute atomic E-state index is 11.0. The molecule has 0 saturated heterocycles. The summed E-state index contributed by atoms with van der Waals surface area (Å²) in [6, 6.07) is 2.92. The number of aryl methyl sites for hydroxylation is 2. The maximum Gasteiger partial charge on any atom is 0.272 e. The SMILES string of the molecule is Cc1cc([N+](=O)[O-])c(C)cc1C(=O)Br. The topological polar surface area (TPSA) is 60.2 Å². The molecule has 0 amide bonds. The number of nitro benzene ring substituents is 1. The smallest absolute Gasteiger partial charge is 0.272 e. The van der Waals surface area contributed by atoms with Crippen LogP contribution >= 0.6 is 15.9 Å². The predicted octanol–water partition coefficient (Wildman–Crippen LogP) is 2.75. The Kier molecular flexibility index (Phi) is 3.00. The number of nitrogens with zero attached hydrogens (tertiary/aromatic N) is 1. The summed E-state index contributed by atoms with van der Waals surface area (Å²) in [5, 5.41) is 10.6. The molecule has 0 aliphatic heterocycles. The van der Waals surface area contributed by atoms with E-state index in [0.717, 1.165) is 0 Å². The maximum atomic E-state index is 11.0. The van der Waals surface area contributed by atoms with Gasteiger partial charge in [-0.3, -0.25) is 14.9 Å². The molecule has 74 valence electrons. The normalized spacial score (nSPS) is 9.93. The lowest BCUT2D eigenvalue weighted by Crippen LogP contribution is -1.98. The van der Waals surface area contributed by atoms with Crippen LogP contribution in [0.2, 0.25) is 0 Å². The predicted molar refractivity (Wildman–Crippen MR) is 55.8 cm³/mol. The van der Waals surface area contributed by atoms with E-state index in [2.05, 4.69) is 15.9 Å². The van der Waals surface area contributed by atoms with Gasteiger partial charge in [-0.2, -0.15) is 0 Å². The minimum Gasteiger partial charge on any atom is -0.281 e. The number of hydrogen-bond donors (Lipinski definition) is 0. The van der Waals surface area contributed by atoms with E-state index >= 15 is 0 Å². The standard InChI is InChI=1S/C9H8BrNO3/c1-5-4-8(11(13)14)6(2)3-7(5)9(10)12/h3-4H,1-2H3. The van der Waals surface area contributed by atoms with Crippen LogP contribution in [0.3, 0.4) is 0 Å². The summed E-state index contributed by atoms with van der Waals surface area (Å²) in [5.41, 5.74) is 1.60. The zero-order chi connectivity index (χ0) is 10.9. The van der Waals surface area contributed by atoms with Crippen molar-refractivity contribution in [2.75, 3.05) is 0 Å². The van der Waals surface area contributed by atoms with Gasteiger partial charge in [0.2, 0.25) is 4.69 Å². The Morgan fingerprint density at radius 1 is 1.36 bits per heavy atom. The van der Waals surface area contributed by atoms with Gasteiger partial charge < -0.3 is 0 Å². The molecule has 0 aromatic heterocycles. The van der Waals surface area contributed by atoms with E-state index in [-0.39, 0.29) is 10.4 Å². The number of benzene rings is 1. The summed E-state index contributed by atoms with van der Waals surface area (Å²) >= 11 is 2.82. The van der Waals surface area contributed by atoms with E-state index in [9.17, 15) is 14.9 Å². The molecule has 4 nitrogen and oxygen atoms in total. The highest BCUT2D eigenvalue weighted by Gasteiger charge is 2.15. The highest BCUT2D eigenvalue weighted by Crippen LogP contribution is 2.23. The van der Waals surface area contributed by atoms with Gasteiger partial charge in [-0.05, 0) is 41.4 Å². The molecule has 0 radical (unpaired) electrons. The monoisotopic (exact) mass is 257 g/mol. The van der Waals surface area contributed by atoms with E-state index in [1.54, 1.807) is 13.8 Å². The van der Waals surface area contributed by atoms with Crippen molar-refractivity contribution in [1.82, 2.24) is 0 Å². The van der Waals surface area contributed by atoms with Crippen LogP contribution in [0.15, 0.2) is 12.1 Å². The van der Waals surface area contributed by atoms with Crippen molar-refractivity contribution in [2.24, 2.45) is 0 Å². The summed E-state index contributed by atoms with van der Waals surface area (Å²) in [7, 11) is 0. The van der Waals surface area contributed by atoms with Crippen LogP contribution in [-0.4, -0.2) is 9.62 Å². The van der Waals surface area contributed by atoms with Crippen LogP contribution in [0.1, 0.15) is 21.5 Å². The van der Waals surface area contributed by atoms with Crippen molar-refractivity contribution >= 4 is 26.3 Å². The third kappa shape index (κ3) is 1.98. The Balaban J connectivity index is 3.38. The Labute approximate surface area is 89.2 Å². The molecule has 1 aromatic carbocycles. The van der Waals surface area contributed by atoms with Crippen LogP contribution in [-0.2, 0) is 0 Å². The second kappa shape index (κ2) is 3.88. The summed E-state index contributed by atoms with van der Waals surface area (Å²) in [6.07, 6.45) is 0. The molecule has 0 atom stereocenters. The first-order valence-electron chi connectivity index (χ1n) is 3.89. The van der Waals surface area contributed by atoms with Gasteiger partial charge >= 0.3 is 0 Å². The van der Waals surface area contributed by atoms with Crippen molar-refractivity contribution in [2.45, 2.75) is 13.8 Å². The summed E-state index contributed by atoms with van der Waals surface area (Å²) in [6.45, 7) is 3.28. The van der Waals surface area contributed by atoms with Gasteiger partial charge in [0.25, 0.3) is 5.69 Å². The van der Waals surface area contributed by atoms with Gasteiger partial charge in [-0.1, -0.05) is 0 Å². The lowest BCUT2D eigenvalue weighted by atomic mass is 10.1. The first-order chi connectivity index (χ1) is 6.43. The van der Waals surface area contributed by atoms with Gasteiger partial charge in [0.1, 0.15) is 0 Å². The summed E-state index contributed by atoms with van der Waals surface area (Å²) in [4.78, 5) is 21.2. The van der Waals surface area contributed by atoms with Gasteiger partial charge in [0, 0.05) is 17.2 Å². The third-order valence-electron chi connectivity index (χ3n) is 1.95. The average Bonchev–Trinajstić information content (AvgIpc) is 2.07. The fraction of sp³-hybridized carbons (Fsp3) is 0.222. The van der Waals surface area contributed by atoms with Crippen LogP contribution < -0.4 is 0 Å². The Hall–Kier alpha value is -1.23. The molecule has 14 heavy (non-hydrogen) atoms. The third-order valence-corrected chi connectivity index (χ3v) is 2.38. The van der Waals surface area contributed by atoms with Crippen molar-refractivity contribution < 1.29 is 9.72 Å². The lowest BCUT2D eigenvalue weighted by molar-refractivity contribution is -0.385. The molecule has 0 N–H and O–H groups in total. The van der Waals surface area contributed by atoms with E-state index in [1.165, 1.54) is 12.1 Å². The fourth-order valence-electron chi connectivity index (χ4n) is 1.21. The minimum atomic E-state index is -0.454. The highest BCUT2D eigenvalue weighted by molar-refractivity contribution is 9.18. The van der Waals surface area contributed by atoms with Crippen LogP contribution in [0.5, 0.6) is 0 Å². The van der Waals surface area contributed by atoms with E-state index < -0.39 is 4.92 Å². The number of nitro groups is 1. The average molecular weight is 258 g/mol. The first kappa shape index (κ1) is 10.8. The van der Waals surface area contributed by atoms with Crippen LogP contribution in [0, 0.1) is 24.0 Å². The zero-order valence-corrected chi connectivity index (χ0v) is 9.29. The Morgan fingerprint density at radius 2 is 1.93 bits per heavy atom. The molecule has 1 aromatic rings. The first-order valence-corrected chi connectivity index (χ1v) is 4.68. The molecule has 0 heterocycles. The molecule has 0 spiro atoms. The molecule has 0 bridgehead atoms. The van der Waals surface area contributed by atoms with Gasteiger partial charge in [-0.15, -0.1) is 0 Å². The van der Waals surface area contributed by atoms with Crippen molar-refractivity contribution in [1.29, 1.82) is 0 Å². The van der Waals surface area contributed by atoms with Crippen molar-refractivity contribution in [3.8, 4) is 0 Å². The molecule has 1 rings (SSSR count). The van der Waals surface area contributed by atoms with Crippen molar-refractivity contribution in [3.05, 3.63) is 38.9 Å². The molecule has 0 saturated carbocycles. The molecule has 0 aliphatic carbocycles. The van der Waals surface area contributed by atoms with Crippen LogP contribution in [0.25, 0.3) is 0 Å². The van der Waals surface area contributed by atoms with Gasteiger partial charge in [-0.25, -0.2) is 0 Å². The molecule has 0 unspecified atom stereocenters. The summed E-state index contributed by atoms with van der Waals surface area (Å²) in [5.74, 6) is 0. The number of carbonyl (C=O) groups excluding carboxylic acids is 1. The second-order valence-electron chi connectivity index (χ2n) is 2.98. The molecule has 0 fully saturated rings. The molecule has 0 aliphatic rings. The molecule has 5 heteroatoms. The zero-order valence-electron chi connectivity index (χ0n) is 7.70. The number of halogens is 1. The number of carbonyl (C=O) groups is 1. The fourth-order valence-corrected chi connectivity index (χ4v) is 1.64. The van der Waals surface area contributed by atoms with E-state index in [0.29, 0.717) is 16.7 Å². The number of hydrogen-bond acceptors (Lipinski definition) is 3. The van der Waals surface area contributed by atoms with E-state index in [4.69, 9.17) is 0 Å². The molecular formula is C9H8BrNO3. The quantitative estimate of drug-likeness (QED) is 0.465.